The quantitative estimate of drug-likeness (QED) is 0.204. The molecule has 0 saturated carbocycles. The highest BCUT2D eigenvalue weighted by Crippen LogP contribution is 2.44. The fraction of sp³-hybridized carbons (Fsp3) is 0.0244. The van der Waals surface area contributed by atoms with E-state index in [2.05, 4.69) is 149 Å². The Morgan fingerprint density at radius 2 is 0.791 bits per heavy atom. The largest absolute Gasteiger partial charge is 0.241 e. The molecule has 0 bridgehead atoms. The Balaban J connectivity index is 1.34. The van der Waals surface area contributed by atoms with Crippen LogP contribution in [0.4, 0.5) is 0 Å². The lowest BCUT2D eigenvalue weighted by atomic mass is 9.85. The first-order chi connectivity index (χ1) is 21.2. The number of aryl methyl sites for hydroxylation is 1. The van der Waals surface area contributed by atoms with Gasteiger partial charge in [0.05, 0.1) is 0 Å². The first-order valence-corrected chi connectivity index (χ1v) is 14.7. The Morgan fingerprint density at radius 1 is 0.349 bits per heavy atom. The molecule has 1 aromatic heterocycles. The maximum Gasteiger partial charge on any atom is 0.125 e. The molecule has 0 N–H and O–H groups in total. The lowest BCUT2D eigenvalue weighted by Crippen LogP contribution is -1.91. The van der Waals surface area contributed by atoms with Crippen LogP contribution in [0.25, 0.3) is 76.8 Å². The van der Waals surface area contributed by atoms with Gasteiger partial charge in [-0.15, -0.1) is 0 Å². The topological polar surface area (TPSA) is 25.8 Å². The summed E-state index contributed by atoms with van der Waals surface area (Å²) in [4.78, 5) is 8.75. The molecule has 0 spiro atoms. The van der Waals surface area contributed by atoms with Crippen LogP contribution in [0.15, 0.2) is 152 Å². The number of fused-ring (bicyclic) bond motifs is 3. The number of hydrogen-bond donors (Lipinski definition) is 0. The molecule has 2 heteroatoms. The Bertz CT molecular complexity index is 2270. The van der Waals surface area contributed by atoms with Gasteiger partial charge in [0.25, 0.3) is 0 Å². The predicted octanol–water partition coefficient (Wildman–Crippen LogP) is 10.9. The van der Waals surface area contributed by atoms with E-state index in [0.717, 1.165) is 17.0 Å². The number of aromatic nitrogens is 2. The van der Waals surface area contributed by atoms with Crippen molar-refractivity contribution in [2.75, 3.05) is 0 Å². The van der Waals surface area contributed by atoms with Crippen molar-refractivity contribution in [1.29, 1.82) is 0 Å². The van der Waals surface area contributed by atoms with Crippen LogP contribution in [0.1, 0.15) is 5.82 Å². The molecule has 202 valence electrons. The van der Waals surface area contributed by atoms with Crippen molar-refractivity contribution in [1.82, 2.24) is 9.97 Å². The van der Waals surface area contributed by atoms with E-state index in [1.165, 1.54) is 65.7 Å². The highest BCUT2D eigenvalue weighted by Gasteiger charge is 2.17. The fourth-order valence-electron chi connectivity index (χ4n) is 6.34. The molecular formula is C41H28N2. The van der Waals surface area contributed by atoms with Gasteiger partial charge in [0.15, 0.2) is 0 Å². The van der Waals surface area contributed by atoms with Gasteiger partial charge in [-0.05, 0) is 96.4 Å². The molecule has 2 nitrogen and oxygen atoms in total. The van der Waals surface area contributed by atoms with Gasteiger partial charge in [-0.2, -0.15) is 0 Å². The molecule has 8 rings (SSSR count). The zero-order valence-corrected chi connectivity index (χ0v) is 23.8. The van der Waals surface area contributed by atoms with Crippen LogP contribution in [0.2, 0.25) is 0 Å². The molecular weight excluding hydrogens is 520 g/mol. The average molecular weight is 549 g/mol. The van der Waals surface area contributed by atoms with E-state index in [1.54, 1.807) is 0 Å². The molecule has 0 aliphatic carbocycles. The highest BCUT2D eigenvalue weighted by atomic mass is 14.8. The summed E-state index contributed by atoms with van der Waals surface area (Å²) in [5, 5.41) is 7.47. The fourth-order valence-corrected chi connectivity index (χ4v) is 6.34. The summed E-state index contributed by atoms with van der Waals surface area (Å²) in [7, 11) is 0. The number of nitrogens with zero attached hydrogens (tertiary/aromatic N) is 2. The summed E-state index contributed by atoms with van der Waals surface area (Å²) in [5.41, 5.74) is 9.58. The molecule has 0 saturated heterocycles. The minimum Gasteiger partial charge on any atom is -0.241 e. The molecule has 0 fully saturated rings. The van der Waals surface area contributed by atoms with E-state index in [4.69, 9.17) is 0 Å². The summed E-state index contributed by atoms with van der Waals surface area (Å²) < 4.78 is 0. The van der Waals surface area contributed by atoms with E-state index in [-0.39, 0.29) is 0 Å². The Labute approximate surface area is 251 Å². The van der Waals surface area contributed by atoms with E-state index in [9.17, 15) is 0 Å². The van der Waals surface area contributed by atoms with Gasteiger partial charge >= 0.3 is 0 Å². The van der Waals surface area contributed by atoms with Gasteiger partial charge in [0, 0.05) is 18.0 Å². The summed E-state index contributed by atoms with van der Waals surface area (Å²) in [6, 6.07) is 50.7. The molecule has 0 aliphatic rings. The highest BCUT2D eigenvalue weighted by molar-refractivity contribution is 6.22. The predicted molar refractivity (Wildman–Crippen MR) is 181 cm³/mol. The van der Waals surface area contributed by atoms with Gasteiger partial charge in [0.1, 0.15) is 5.82 Å². The second-order valence-electron chi connectivity index (χ2n) is 11.1. The van der Waals surface area contributed by atoms with Gasteiger partial charge in [-0.1, -0.05) is 121 Å². The van der Waals surface area contributed by atoms with Crippen LogP contribution < -0.4 is 0 Å². The molecule has 1 heterocycles. The van der Waals surface area contributed by atoms with Crippen LogP contribution in [0, 0.1) is 6.92 Å². The molecule has 0 radical (unpaired) electrons. The minimum absolute atomic E-state index is 0.781. The van der Waals surface area contributed by atoms with Crippen molar-refractivity contribution in [3.8, 4) is 44.5 Å². The Kier molecular flexibility index (Phi) is 6.05. The van der Waals surface area contributed by atoms with E-state index in [1.807, 2.05) is 19.3 Å². The van der Waals surface area contributed by atoms with Crippen LogP contribution in [0.3, 0.4) is 0 Å². The van der Waals surface area contributed by atoms with Crippen LogP contribution >= 0.6 is 0 Å². The van der Waals surface area contributed by atoms with Crippen molar-refractivity contribution in [3.05, 3.63) is 158 Å². The van der Waals surface area contributed by atoms with Crippen molar-refractivity contribution < 1.29 is 0 Å². The van der Waals surface area contributed by atoms with Crippen LogP contribution in [-0.2, 0) is 0 Å². The standard InChI is InChI=1S/C41H28N2/c1-27-42-25-35(26-43-27)33-19-18-30-22-32(17-16-31(30)23-33)34-20-21-38-39(24-34)41(29-12-6-3-7-13-29)37-15-9-8-14-36(37)40(38)28-10-4-2-5-11-28/h2-26H,1H3. The second-order valence-corrected chi connectivity index (χ2v) is 11.1. The molecule has 7 aromatic carbocycles. The summed E-state index contributed by atoms with van der Waals surface area (Å²) >= 11 is 0. The average Bonchev–Trinajstić information content (AvgIpc) is 3.07. The molecule has 0 atom stereocenters. The van der Waals surface area contributed by atoms with Crippen LogP contribution in [0.5, 0.6) is 0 Å². The van der Waals surface area contributed by atoms with E-state index < -0.39 is 0 Å². The van der Waals surface area contributed by atoms with Gasteiger partial charge < -0.3 is 0 Å². The van der Waals surface area contributed by atoms with Gasteiger partial charge in [-0.3, -0.25) is 0 Å². The zero-order chi connectivity index (χ0) is 28.8. The SMILES string of the molecule is Cc1ncc(-c2ccc3cc(-c4ccc5c(-c6ccccc6)c6ccccc6c(-c6ccccc6)c5c4)ccc3c2)cn1. The summed E-state index contributed by atoms with van der Waals surface area (Å²) in [5.74, 6) is 0.781. The first kappa shape index (κ1) is 25.1. The molecule has 43 heavy (non-hydrogen) atoms. The Hall–Kier alpha value is -5.60. The minimum atomic E-state index is 0.781. The van der Waals surface area contributed by atoms with Crippen molar-refractivity contribution in [2.45, 2.75) is 6.92 Å². The lowest BCUT2D eigenvalue weighted by Gasteiger charge is -2.18. The first-order valence-electron chi connectivity index (χ1n) is 14.7. The summed E-state index contributed by atoms with van der Waals surface area (Å²) in [6.07, 6.45) is 3.79. The third-order valence-corrected chi connectivity index (χ3v) is 8.44. The maximum absolute atomic E-state index is 4.38. The molecule has 0 aliphatic heterocycles. The van der Waals surface area contributed by atoms with Crippen molar-refractivity contribution >= 4 is 32.3 Å². The van der Waals surface area contributed by atoms with E-state index in [0.29, 0.717) is 0 Å². The smallest absolute Gasteiger partial charge is 0.125 e. The number of rotatable bonds is 4. The monoisotopic (exact) mass is 548 g/mol. The van der Waals surface area contributed by atoms with Gasteiger partial charge in [-0.25, -0.2) is 9.97 Å². The third-order valence-electron chi connectivity index (χ3n) is 8.44. The molecule has 8 aromatic rings. The third kappa shape index (κ3) is 4.45. The van der Waals surface area contributed by atoms with Crippen LogP contribution in [-0.4, -0.2) is 9.97 Å². The summed E-state index contributed by atoms with van der Waals surface area (Å²) in [6.45, 7) is 1.91. The van der Waals surface area contributed by atoms with Crippen molar-refractivity contribution in [2.24, 2.45) is 0 Å². The second kappa shape index (κ2) is 10.3. The normalized spacial score (nSPS) is 11.4. The number of hydrogen-bond acceptors (Lipinski definition) is 2. The Morgan fingerprint density at radius 3 is 1.37 bits per heavy atom. The maximum atomic E-state index is 4.38. The van der Waals surface area contributed by atoms with E-state index >= 15 is 0 Å². The van der Waals surface area contributed by atoms with Crippen molar-refractivity contribution in [3.63, 3.8) is 0 Å². The molecule has 0 amide bonds. The lowest BCUT2D eigenvalue weighted by molar-refractivity contribution is 1.06. The number of benzene rings is 7. The zero-order valence-electron chi connectivity index (χ0n) is 23.8. The molecule has 0 unspecified atom stereocenters. The van der Waals surface area contributed by atoms with Gasteiger partial charge in [0.2, 0.25) is 0 Å².